The molecule has 0 bridgehead atoms. The monoisotopic (exact) mass is 463 g/mol. The lowest BCUT2D eigenvalue weighted by Gasteiger charge is -2.13. The Morgan fingerprint density at radius 3 is 2.45 bits per heavy atom. The lowest BCUT2D eigenvalue weighted by Crippen LogP contribution is -2.05. The molecule has 2 aromatic rings. The summed E-state index contributed by atoms with van der Waals surface area (Å²) < 4.78 is 7.86. The van der Waals surface area contributed by atoms with E-state index >= 15 is 0 Å². The number of hydrogen-bond acceptors (Lipinski definition) is 4. The number of furan rings is 1. The fraction of sp³-hybridized carbons (Fsp3) is 0.385. The summed E-state index contributed by atoms with van der Waals surface area (Å²) in [5.41, 5.74) is 7.00. The van der Waals surface area contributed by atoms with Crippen molar-refractivity contribution in [3.05, 3.63) is 25.4 Å². The summed E-state index contributed by atoms with van der Waals surface area (Å²) >= 11 is 10.2. The molecule has 2 heterocycles. The van der Waals surface area contributed by atoms with Crippen molar-refractivity contribution in [2.45, 2.75) is 31.6 Å². The zero-order valence-electron chi connectivity index (χ0n) is 10.5. The normalized spacial score (nSPS) is 15.9. The van der Waals surface area contributed by atoms with Gasteiger partial charge in [0.05, 0.1) is 14.6 Å². The molecule has 0 amide bonds. The Morgan fingerprint density at radius 1 is 1.15 bits per heavy atom. The summed E-state index contributed by atoms with van der Waals surface area (Å²) in [6.45, 7) is 0. The second kappa shape index (κ2) is 5.77. The Kier molecular flexibility index (Phi) is 4.19. The first-order valence-electron chi connectivity index (χ1n) is 6.34. The summed E-state index contributed by atoms with van der Waals surface area (Å²) in [7, 11) is 0. The van der Waals surface area contributed by atoms with Crippen LogP contribution >= 0.6 is 47.8 Å². The van der Waals surface area contributed by atoms with Crippen LogP contribution in [0.5, 0.6) is 0 Å². The molecule has 20 heavy (non-hydrogen) atoms. The van der Waals surface area contributed by atoms with Crippen LogP contribution in [0.1, 0.15) is 37.3 Å². The van der Waals surface area contributed by atoms with E-state index in [1.165, 1.54) is 12.8 Å². The Hall–Kier alpha value is -0.400. The SMILES string of the molecule is Nc1nc(-c2cc(Br)c(Br)o2)nc(C2CCCC2)c1Br. The summed E-state index contributed by atoms with van der Waals surface area (Å²) in [5.74, 6) is 2.04. The van der Waals surface area contributed by atoms with Gasteiger partial charge in [0.25, 0.3) is 0 Å². The zero-order chi connectivity index (χ0) is 14.3. The minimum absolute atomic E-state index is 0.454. The minimum Gasteiger partial charge on any atom is -0.445 e. The highest BCUT2D eigenvalue weighted by Gasteiger charge is 2.24. The first kappa shape index (κ1) is 14.5. The van der Waals surface area contributed by atoms with Crippen LogP contribution in [-0.2, 0) is 0 Å². The van der Waals surface area contributed by atoms with E-state index in [1.54, 1.807) is 0 Å². The van der Waals surface area contributed by atoms with Crippen LogP contribution < -0.4 is 5.73 Å². The van der Waals surface area contributed by atoms with E-state index in [0.29, 0.717) is 28.0 Å². The Balaban J connectivity index is 2.08. The van der Waals surface area contributed by atoms with E-state index in [-0.39, 0.29) is 0 Å². The third kappa shape index (κ3) is 2.67. The number of rotatable bonds is 2. The van der Waals surface area contributed by atoms with Crippen LogP contribution in [0, 0.1) is 0 Å². The molecule has 0 saturated heterocycles. The number of aromatic nitrogens is 2. The van der Waals surface area contributed by atoms with E-state index in [2.05, 4.69) is 57.8 Å². The summed E-state index contributed by atoms with van der Waals surface area (Å²) in [5, 5.41) is 0. The minimum atomic E-state index is 0.454. The van der Waals surface area contributed by atoms with Crippen molar-refractivity contribution in [1.29, 1.82) is 0 Å². The van der Waals surface area contributed by atoms with Crippen LogP contribution in [-0.4, -0.2) is 9.97 Å². The maximum absolute atomic E-state index is 6.01. The number of nitrogen functional groups attached to an aromatic ring is 1. The van der Waals surface area contributed by atoms with Crippen LogP contribution in [0.15, 0.2) is 24.1 Å². The standard InChI is InChI=1S/C13H12Br3N3O/c14-7-5-8(20-11(7)16)13-18-10(6-3-1-2-4-6)9(15)12(17)19-13/h5-6H,1-4H2,(H2,17,18,19). The maximum atomic E-state index is 6.01. The lowest BCUT2D eigenvalue weighted by molar-refractivity contribution is 0.548. The number of hydrogen-bond donors (Lipinski definition) is 1. The van der Waals surface area contributed by atoms with Gasteiger partial charge in [0.2, 0.25) is 0 Å². The number of nitrogens with two attached hydrogens (primary N) is 1. The summed E-state index contributed by atoms with van der Waals surface area (Å²) in [6, 6.07) is 1.84. The van der Waals surface area contributed by atoms with E-state index in [9.17, 15) is 0 Å². The third-order valence-electron chi connectivity index (χ3n) is 3.51. The molecule has 0 unspecified atom stereocenters. The molecule has 2 aromatic heterocycles. The van der Waals surface area contributed by atoms with E-state index in [4.69, 9.17) is 10.2 Å². The average Bonchev–Trinajstić information content (AvgIpc) is 3.04. The highest BCUT2D eigenvalue weighted by molar-refractivity contribution is 9.13. The van der Waals surface area contributed by atoms with Gasteiger partial charge >= 0.3 is 0 Å². The highest BCUT2D eigenvalue weighted by atomic mass is 79.9. The van der Waals surface area contributed by atoms with Crippen molar-refractivity contribution in [3.8, 4) is 11.6 Å². The van der Waals surface area contributed by atoms with Gasteiger partial charge in [-0.15, -0.1) is 0 Å². The number of anilines is 1. The molecular formula is C13H12Br3N3O. The van der Waals surface area contributed by atoms with Gasteiger partial charge in [-0.3, -0.25) is 0 Å². The van der Waals surface area contributed by atoms with Gasteiger partial charge in [0.15, 0.2) is 16.3 Å². The molecule has 1 aliphatic rings. The molecule has 7 heteroatoms. The molecule has 0 radical (unpaired) electrons. The molecule has 0 atom stereocenters. The summed E-state index contributed by atoms with van der Waals surface area (Å²) in [4.78, 5) is 8.98. The van der Waals surface area contributed by atoms with Gasteiger partial charge in [0.1, 0.15) is 5.82 Å². The van der Waals surface area contributed by atoms with Crippen molar-refractivity contribution in [2.75, 3.05) is 5.73 Å². The third-order valence-corrected chi connectivity index (χ3v) is 6.03. The van der Waals surface area contributed by atoms with Gasteiger partial charge in [-0.1, -0.05) is 12.8 Å². The van der Waals surface area contributed by atoms with E-state index in [0.717, 1.165) is 27.5 Å². The van der Waals surface area contributed by atoms with E-state index in [1.807, 2.05) is 6.07 Å². The smallest absolute Gasteiger partial charge is 0.198 e. The van der Waals surface area contributed by atoms with Gasteiger partial charge in [0, 0.05) is 12.0 Å². The maximum Gasteiger partial charge on any atom is 0.198 e. The molecule has 0 aliphatic heterocycles. The second-order valence-corrected chi connectivity index (χ2v) is 7.21. The number of nitrogens with zero attached hydrogens (tertiary/aromatic N) is 2. The fourth-order valence-corrected chi connectivity index (χ4v) is 3.60. The second-order valence-electron chi connectivity index (χ2n) is 4.85. The quantitative estimate of drug-likeness (QED) is 0.656. The lowest BCUT2D eigenvalue weighted by atomic mass is 10.0. The predicted octanol–water partition coefficient (Wildman–Crippen LogP) is 5.26. The first-order chi connectivity index (χ1) is 9.56. The molecule has 0 aromatic carbocycles. The molecule has 106 valence electrons. The van der Waals surface area contributed by atoms with Gasteiger partial charge in [-0.05, 0) is 60.6 Å². The predicted molar refractivity (Wildman–Crippen MR) is 88.5 cm³/mol. The largest absolute Gasteiger partial charge is 0.445 e. The van der Waals surface area contributed by atoms with Crippen LogP contribution in [0.4, 0.5) is 5.82 Å². The average molecular weight is 466 g/mol. The fourth-order valence-electron chi connectivity index (χ4n) is 2.52. The van der Waals surface area contributed by atoms with Crippen molar-refractivity contribution in [1.82, 2.24) is 9.97 Å². The van der Waals surface area contributed by atoms with Crippen molar-refractivity contribution >= 4 is 53.6 Å². The van der Waals surface area contributed by atoms with Crippen molar-refractivity contribution in [3.63, 3.8) is 0 Å². The van der Waals surface area contributed by atoms with Crippen LogP contribution in [0.2, 0.25) is 0 Å². The van der Waals surface area contributed by atoms with Crippen molar-refractivity contribution in [2.24, 2.45) is 0 Å². The molecule has 2 N–H and O–H groups in total. The molecule has 1 fully saturated rings. The Morgan fingerprint density at radius 2 is 1.85 bits per heavy atom. The van der Waals surface area contributed by atoms with Gasteiger partial charge in [-0.25, -0.2) is 9.97 Å². The Bertz CT molecular complexity index is 631. The van der Waals surface area contributed by atoms with Crippen molar-refractivity contribution < 1.29 is 4.42 Å². The van der Waals surface area contributed by atoms with Gasteiger partial charge < -0.3 is 10.2 Å². The van der Waals surface area contributed by atoms with Crippen LogP contribution in [0.3, 0.4) is 0 Å². The van der Waals surface area contributed by atoms with Crippen LogP contribution in [0.25, 0.3) is 11.6 Å². The van der Waals surface area contributed by atoms with E-state index < -0.39 is 0 Å². The molecule has 4 nitrogen and oxygen atoms in total. The molecule has 3 rings (SSSR count). The highest BCUT2D eigenvalue weighted by Crippen LogP contribution is 2.40. The Labute approximate surface area is 141 Å². The summed E-state index contributed by atoms with van der Waals surface area (Å²) in [6.07, 6.45) is 4.79. The topological polar surface area (TPSA) is 64.9 Å². The molecule has 1 aliphatic carbocycles. The molecule has 0 spiro atoms. The zero-order valence-corrected chi connectivity index (χ0v) is 15.3. The molecule has 1 saturated carbocycles. The first-order valence-corrected chi connectivity index (χ1v) is 8.72. The molecular weight excluding hydrogens is 454 g/mol. The number of halogens is 3. The van der Waals surface area contributed by atoms with Gasteiger partial charge in [-0.2, -0.15) is 0 Å².